The summed E-state index contributed by atoms with van der Waals surface area (Å²) in [4.78, 5) is 0. The summed E-state index contributed by atoms with van der Waals surface area (Å²) in [6.45, 7) is 3.72. The third-order valence-corrected chi connectivity index (χ3v) is 2.64. The van der Waals surface area contributed by atoms with Crippen molar-refractivity contribution in [3.63, 3.8) is 0 Å². The lowest BCUT2D eigenvalue weighted by atomic mass is 10.1. The molecule has 0 radical (unpaired) electrons. The average Bonchev–Trinajstić information content (AvgIpc) is 2.75. The van der Waals surface area contributed by atoms with Gasteiger partial charge in [0.05, 0.1) is 5.56 Å². The van der Waals surface area contributed by atoms with Gasteiger partial charge in [-0.15, -0.1) is 0 Å². The van der Waals surface area contributed by atoms with E-state index < -0.39 is 12.2 Å². The number of aromatic nitrogens is 2. The summed E-state index contributed by atoms with van der Waals surface area (Å²) in [5.41, 5.74) is 0.570. The zero-order valence-corrected chi connectivity index (χ0v) is 10.1. The van der Waals surface area contributed by atoms with Gasteiger partial charge in [0.25, 0.3) is 6.43 Å². The maximum Gasteiger partial charge on any atom is 0.267 e. The lowest BCUT2D eigenvalue weighted by Gasteiger charge is -2.03. The second kappa shape index (κ2) is 4.84. The summed E-state index contributed by atoms with van der Waals surface area (Å²) >= 11 is 0. The minimum Gasteiger partial charge on any atom is -0.269 e. The smallest absolute Gasteiger partial charge is 0.267 e. The lowest BCUT2D eigenvalue weighted by molar-refractivity contribution is 0.152. The number of hydrogen-bond acceptors (Lipinski definition) is 1. The second-order valence-corrected chi connectivity index (χ2v) is 4.31. The summed E-state index contributed by atoms with van der Waals surface area (Å²) in [5, 5.41) is 4.15. The van der Waals surface area contributed by atoms with E-state index in [2.05, 4.69) is 5.10 Å². The SMILES string of the molecule is CC(C)n1cc(C(F)F)c(-c2ccc(F)cc2)n1. The van der Waals surface area contributed by atoms with E-state index in [1.165, 1.54) is 35.1 Å². The first kappa shape index (κ1) is 12.7. The molecule has 1 aromatic carbocycles. The fourth-order valence-corrected chi connectivity index (χ4v) is 1.66. The molecular formula is C13H13F3N2. The van der Waals surface area contributed by atoms with E-state index >= 15 is 0 Å². The van der Waals surface area contributed by atoms with Crippen molar-refractivity contribution in [2.24, 2.45) is 0 Å². The molecule has 2 aromatic rings. The molecular weight excluding hydrogens is 241 g/mol. The Bertz CT molecular complexity index is 530. The molecule has 0 aliphatic rings. The van der Waals surface area contributed by atoms with Crippen LogP contribution in [0.3, 0.4) is 0 Å². The molecule has 0 fully saturated rings. The van der Waals surface area contributed by atoms with Crippen LogP contribution in [0.2, 0.25) is 0 Å². The van der Waals surface area contributed by atoms with Gasteiger partial charge >= 0.3 is 0 Å². The van der Waals surface area contributed by atoms with Crippen molar-refractivity contribution >= 4 is 0 Å². The summed E-state index contributed by atoms with van der Waals surface area (Å²) in [6.07, 6.45) is -1.26. The fourth-order valence-electron chi connectivity index (χ4n) is 1.66. The third-order valence-electron chi connectivity index (χ3n) is 2.64. The third kappa shape index (κ3) is 2.39. The van der Waals surface area contributed by atoms with Crippen LogP contribution in [0.1, 0.15) is 31.9 Å². The van der Waals surface area contributed by atoms with E-state index in [0.29, 0.717) is 5.56 Å². The van der Waals surface area contributed by atoms with Crippen molar-refractivity contribution < 1.29 is 13.2 Å². The highest BCUT2D eigenvalue weighted by Crippen LogP contribution is 2.30. The van der Waals surface area contributed by atoms with Crippen LogP contribution in [0.5, 0.6) is 0 Å². The number of hydrogen-bond donors (Lipinski definition) is 0. The average molecular weight is 254 g/mol. The molecule has 0 atom stereocenters. The Morgan fingerprint density at radius 1 is 1.11 bits per heavy atom. The van der Waals surface area contributed by atoms with E-state index in [0.717, 1.165) is 0 Å². The molecule has 2 rings (SSSR count). The largest absolute Gasteiger partial charge is 0.269 e. The van der Waals surface area contributed by atoms with Crippen molar-refractivity contribution in [1.82, 2.24) is 9.78 Å². The van der Waals surface area contributed by atoms with E-state index in [9.17, 15) is 13.2 Å². The predicted molar refractivity (Wildman–Crippen MR) is 63.0 cm³/mol. The van der Waals surface area contributed by atoms with Gasteiger partial charge in [-0.3, -0.25) is 4.68 Å². The number of benzene rings is 1. The predicted octanol–water partition coefficient (Wildman–Crippen LogP) is 4.21. The molecule has 0 aliphatic heterocycles. The van der Waals surface area contributed by atoms with Gasteiger partial charge in [0, 0.05) is 17.8 Å². The molecule has 0 saturated carbocycles. The highest BCUT2D eigenvalue weighted by Gasteiger charge is 2.19. The molecule has 0 spiro atoms. The van der Waals surface area contributed by atoms with Gasteiger partial charge in [0.15, 0.2) is 0 Å². The van der Waals surface area contributed by atoms with Gasteiger partial charge in [-0.2, -0.15) is 5.10 Å². The van der Waals surface area contributed by atoms with Gasteiger partial charge in [0.1, 0.15) is 11.5 Å². The topological polar surface area (TPSA) is 17.8 Å². The first-order valence-corrected chi connectivity index (χ1v) is 5.62. The van der Waals surface area contributed by atoms with Gasteiger partial charge in [-0.05, 0) is 38.1 Å². The normalized spacial score (nSPS) is 11.5. The van der Waals surface area contributed by atoms with E-state index in [4.69, 9.17) is 0 Å². The maximum atomic E-state index is 12.9. The Hall–Kier alpha value is -1.78. The van der Waals surface area contributed by atoms with E-state index in [-0.39, 0.29) is 17.3 Å². The molecule has 0 amide bonds. The van der Waals surface area contributed by atoms with E-state index in [1.54, 1.807) is 0 Å². The van der Waals surface area contributed by atoms with Gasteiger partial charge < -0.3 is 0 Å². The van der Waals surface area contributed by atoms with Crippen LogP contribution < -0.4 is 0 Å². The molecule has 96 valence electrons. The van der Waals surface area contributed by atoms with Crippen LogP contribution in [-0.2, 0) is 0 Å². The lowest BCUT2D eigenvalue weighted by Crippen LogP contribution is -2.00. The quantitative estimate of drug-likeness (QED) is 0.802. The Kier molecular flexibility index (Phi) is 3.41. The fraction of sp³-hybridized carbons (Fsp3) is 0.308. The molecule has 0 aliphatic carbocycles. The number of rotatable bonds is 3. The monoisotopic (exact) mass is 254 g/mol. The van der Waals surface area contributed by atoms with Gasteiger partial charge in [-0.25, -0.2) is 13.2 Å². The van der Waals surface area contributed by atoms with Crippen LogP contribution in [0.4, 0.5) is 13.2 Å². The minimum atomic E-state index is -2.60. The minimum absolute atomic E-state index is 0.00306. The maximum absolute atomic E-state index is 12.9. The van der Waals surface area contributed by atoms with Crippen LogP contribution in [0.25, 0.3) is 11.3 Å². The Morgan fingerprint density at radius 3 is 2.22 bits per heavy atom. The molecule has 2 nitrogen and oxygen atoms in total. The Labute approximate surface area is 103 Å². The van der Waals surface area contributed by atoms with Crippen LogP contribution in [0.15, 0.2) is 30.5 Å². The Balaban J connectivity index is 2.51. The number of nitrogens with zero attached hydrogens (tertiary/aromatic N) is 2. The van der Waals surface area contributed by atoms with Crippen LogP contribution >= 0.6 is 0 Å². The van der Waals surface area contributed by atoms with Gasteiger partial charge in [-0.1, -0.05) is 0 Å². The first-order chi connectivity index (χ1) is 8.49. The van der Waals surface area contributed by atoms with E-state index in [1.807, 2.05) is 13.8 Å². The van der Waals surface area contributed by atoms with Crippen molar-refractivity contribution in [3.05, 3.63) is 41.8 Å². The molecule has 0 saturated heterocycles. The summed E-state index contributed by atoms with van der Waals surface area (Å²) in [6, 6.07) is 5.37. The highest BCUT2D eigenvalue weighted by atomic mass is 19.3. The second-order valence-electron chi connectivity index (χ2n) is 4.31. The molecule has 18 heavy (non-hydrogen) atoms. The summed E-state index contributed by atoms with van der Waals surface area (Å²) < 4.78 is 40.2. The number of alkyl halides is 2. The molecule has 1 aromatic heterocycles. The van der Waals surface area contributed by atoms with Crippen molar-refractivity contribution in [3.8, 4) is 11.3 Å². The molecule has 0 bridgehead atoms. The number of halogens is 3. The Morgan fingerprint density at radius 2 is 1.72 bits per heavy atom. The zero-order valence-electron chi connectivity index (χ0n) is 10.1. The highest BCUT2D eigenvalue weighted by molar-refractivity contribution is 5.62. The molecule has 0 N–H and O–H groups in total. The molecule has 0 unspecified atom stereocenters. The van der Waals surface area contributed by atoms with Crippen molar-refractivity contribution in [1.29, 1.82) is 0 Å². The van der Waals surface area contributed by atoms with Crippen LogP contribution in [0, 0.1) is 5.82 Å². The summed E-state index contributed by atoms with van der Waals surface area (Å²) in [5.74, 6) is -0.402. The van der Waals surface area contributed by atoms with Crippen LogP contribution in [-0.4, -0.2) is 9.78 Å². The first-order valence-electron chi connectivity index (χ1n) is 5.62. The van der Waals surface area contributed by atoms with Gasteiger partial charge in [0.2, 0.25) is 0 Å². The molecule has 5 heteroatoms. The summed E-state index contributed by atoms with van der Waals surface area (Å²) in [7, 11) is 0. The van der Waals surface area contributed by atoms with Crippen molar-refractivity contribution in [2.75, 3.05) is 0 Å². The standard InChI is InChI=1S/C13H13F3N2/c1-8(2)18-7-11(13(15)16)12(17-18)9-3-5-10(14)6-4-9/h3-8,13H,1-2H3. The van der Waals surface area contributed by atoms with Crippen molar-refractivity contribution in [2.45, 2.75) is 26.3 Å². The molecule has 1 heterocycles. The zero-order chi connectivity index (χ0) is 13.3.